The Morgan fingerprint density at radius 1 is 1.35 bits per heavy atom. The van der Waals surface area contributed by atoms with E-state index in [-0.39, 0.29) is 5.78 Å². The molecule has 0 amide bonds. The van der Waals surface area contributed by atoms with Crippen LogP contribution in [0.15, 0.2) is 34.1 Å². The lowest BCUT2D eigenvalue weighted by Crippen LogP contribution is -2.02. The van der Waals surface area contributed by atoms with E-state index < -0.39 is 0 Å². The van der Waals surface area contributed by atoms with Gasteiger partial charge in [0.2, 0.25) is 0 Å². The van der Waals surface area contributed by atoms with Gasteiger partial charge in [0, 0.05) is 31.7 Å². The molecule has 0 saturated heterocycles. The molecule has 0 radical (unpaired) electrons. The normalized spacial score (nSPS) is 10.5. The number of rotatable bonds is 3. The largest absolute Gasteiger partial charge is 0.294 e. The number of carbonyl (C=O) groups is 1. The van der Waals surface area contributed by atoms with Gasteiger partial charge in [-0.25, -0.2) is 0 Å². The molecule has 88 valence electrons. The Hall–Kier alpha value is -0.640. The van der Waals surface area contributed by atoms with E-state index in [0.717, 1.165) is 14.9 Å². The third kappa shape index (κ3) is 3.41. The highest BCUT2D eigenvalue weighted by Crippen LogP contribution is 2.22. The molecule has 2 aromatic rings. The molecule has 0 atom stereocenters. The molecule has 1 nitrogen and oxygen atoms in total. The van der Waals surface area contributed by atoms with Crippen molar-refractivity contribution in [1.82, 2.24) is 0 Å². The number of Topliss-reactive ketones (excluding diaryl/α,β-unsaturated/α-hetero) is 1. The second-order valence-corrected chi connectivity index (χ2v) is 6.20. The highest BCUT2D eigenvalue weighted by Gasteiger charge is 2.10. The van der Waals surface area contributed by atoms with E-state index in [1.165, 1.54) is 0 Å². The summed E-state index contributed by atoms with van der Waals surface area (Å²) in [5, 5.41) is 2.59. The lowest BCUT2D eigenvalue weighted by atomic mass is 10.1. The van der Waals surface area contributed by atoms with E-state index in [1.807, 2.05) is 30.5 Å². The van der Waals surface area contributed by atoms with Gasteiger partial charge in [0.25, 0.3) is 0 Å². The zero-order valence-electron chi connectivity index (χ0n) is 9.17. The van der Waals surface area contributed by atoms with Crippen LogP contribution in [0.3, 0.4) is 0 Å². The van der Waals surface area contributed by atoms with E-state index in [9.17, 15) is 4.79 Å². The molecule has 1 heterocycles. The molecular formula is C13H10BrClOS. The van der Waals surface area contributed by atoms with Gasteiger partial charge in [0.15, 0.2) is 5.78 Å². The summed E-state index contributed by atoms with van der Waals surface area (Å²) < 4.78 is 1.02. The van der Waals surface area contributed by atoms with Crippen LogP contribution in [-0.4, -0.2) is 5.78 Å². The van der Waals surface area contributed by atoms with Crippen LogP contribution in [0.2, 0.25) is 5.02 Å². The standard InChI is InChI=1S/C13H10BrClOS/c1-8-2-9(4-11(15)3-8)13(16)6-12-5-10(14)7-17-12/h2-5,7H,6H2,1H3. The van der Waals surface area contributed by atoms with Gasteiger partial charge < -0.3 is 0 Å². The number of hydrogen-bond acceptors (Lipinski definition) is 2. The minimum Gasteiger partial charge on any atom is -0.294 e. The first-order chi connectivity index (χ1) is 8.04. The zero-order chi connectivity index (χ0) is 12.4. The zero-order valence-corrected chi connectivity index (χ0v) is 12.3. The van der Waals surface area contributed by atoms with Gasteiger partial charge in [0.1, 0.15) is 0 Å². The van der Waals surface area contributed by atoms with Crippen molar-refractivity contribution < 1.29 is 4.79 Å². The van der Waals surface area contributed by atoms with Crippen molar-refractivity contribution in [3.63, 3.8) is 0 Å². The molecule has 4 heteroatoms. The minimum atomic E-state index is 0.102. The lowest BCUT2D eigenvalue weighted by molar-refractivity contribution is 0.0993. The monoisotopic (exact) mass is 328 g/mol. The Bertz CT molecular complexity index is 542. The third-order valence-corrected chi connectivity index (χ3v) is 4.24. The molecule has 0 aliphatic rings. The Morgan fingerprint density at radius 3 is 2.71 bits per heavy atom. The minimum absolute atomic E-state index is 0.102. The molecule has 0 spiro atoms. The van der Waals surface area contributed by atoms with Crippen LogP contribution in [-0.2, 0) is 6.42 Å². The SMILES string of the molecule is Cc1cc(Cl)cc(C(=O)Cc2cc(Br)cs2)c1. The fourth-order valence-corrected chi connectivity index (χ4v) is 3.34. The van der Waals surface area contributed by atoms with E-state index >= 15 is 0 Å². The number of benzene rings is 1. The van der Waals surface area contributed by atoms with Crippen molar-refractivity contribution in [2.75, 3.05) is 0 Å². The van der Waals surface area contributed by atoms with Crippen LogP contribution in [0.5, 0.6) is 0 Å². The van der Waals surface area contributed by atoms with Crippen LogP contribution in [0.25, 0.3) is 0 Å². The Morgan fingerprint density at radius 2 is 2.12 bits per heavy atom. The first-order valence-electron chi connectivity index (χ1n) is 5.08. The van der Waals surface area contributed by atoms with Gasteiger partial charge >= 0.3 is 0 Å². The third-order valence-electron chi connectivity index (χ3n) is 2.32. The molecule has 0 saturated carbocycles. The van der Waals surface area contributed by atoms with E-state index in [2.05, 4.69) is 15.9 Å². The van der Waals surface area contributed by atoms with Crippen molar-refractivity contribution in [2.45, 2.75) is 13.3 Å². The van der Waals surface area contributed by atoms with Gasteiger partial charge in [-0.1, -0.05) is 11.6 Å². The maximum absolute atomic E-state index is 12.1. The Balaban J connectivity index is 2.19. The van der Waals surface area contributed by atoms with Crippen LogP contribution in [0.4, 0.5) is 0 Å². The predicted octanol–water partition coefficient (Wildman–Crippen LogP) is 4.90. The summed E-state index contributed by atoms with van der Waals surface area (Å²) in [5.74, 6) is 0.102. The fourth-order valence-electron chi connectivity index (χ4n) is 1.60. The molecule has 1 aromatic heterocycles. The second kappa shape index (κ2) is 5.34. The van der Waals surface area contributed by atoms with Crippen molar-refractivity contribution >= 4 is 44.7 Å². The smallest absolute Gasteiger partial charge is 0.168 e. The Labute approximate surface area is 118 Å². The molecule has 2 rings (SSSR count). The highest BCUT2D eigenvalue weighted by molar-refractivity contribution is 9.10. The molecule has 1 aromatic carbocycles. The van der Waals surface area contributed by atoms with Crippen molar-refractivity contribution in [3.8, 4) is 0 Å². The van der Waals surface area contributed by atoms with Crippen molar-refractivity contribution in [3.05, 3.63) is 55.1 Å². The van der Waals surface area contributed by atoms with E-state index in [1.54, 1.807) is 17.4 Å². The van der Waals surface area contributed by atoms with E-state index in [0.29, 0.717) is 17.0 Å². The number of thiophene rings is 1. The van der Waals surface area contributed by atoms with Gasteiger partial charge in [-0.15, -0.1) is 11.3 Å². The van der Waals surface area contributed by atoms with Gasteiger partial charge in [-0.2, -0.15) is 0 Å². The average Bonchev–Trinajstić information content (AvgIpc) is 2.62. The van der Waals surface area contributed by atoms with Crippen LogP contribution in [0, 0.1) is 6.92 Å². The second-order valence-electron chi connectivity index (χ2n) is 3.85. The van der Waals surface area contributed by atoms with E-state index in [4.69, 9.17) is 11.6 Å². The number of hydrogen-bond donors (Lipinski definition) is 0. The molecule has 0 unspecified atom stereocenters. The quantitative estimate of drug-likeness (QED) is 0.732. The average molecular weight is 330 g/mol. The summed E-state index contributed by atoms with van der Waals surface area (Å²) in [6, 6.07) is 7.41. The predicted molar refractivity (Wildman–Crippen MR) is 76.2 cm³/mol. The molecule has 17 heavy (non-hydrogen) atoms. The summed E-state index contributed by atoms with van der Waals surface area (Å²) in [4.78, 5) is 13.1. The van der Waals surface area contributed by atoms with Gasteiger partial charge in [0.05, 0.1) is 0 Å². The molecule has 0 fully saturated rings. The topological polar surface area (TPSA) is 17.1 Å². The summed E-state index contributed by atoms with van der Waals surface area (Å²) in [6.45, 7) is 1.93. The summed E-state index contributed by atoms with van der Waals surface area (Å²) in [5.41, 5.74) is 1.69. The summed E-state index contributed by atoms with van der Waals surface area (Å²) >= 11 is 10.9. The summed E-state index contributed by atoms with van der Waals surface area (Å²) in [6.07, 6.45) is 0.427. The maximum Gasteiger partial charge on any atom is 0.168 e. The van der Waals surface area contributed by atoms with Gasteiger partial charge in [-0.05, 0) is 52.7 Å². The molecular weight excluding hydrogens is 320 g/mol. The molecule has 0 aliphatic heterocycles. The molecule has 0 N–H and O–H groups in total. The number of carbonyl (C=O) groups excluding carboxylic acids is 1. The number of aryl methyl sites for hydroxylation is 1. The Kier molecular flexibility index (Phi) is 4.02. The maximum atomic E-state index is 12.1. The van der Waals surface area contributed by atoms with Crippen LogP contribution >= 0.6 is 38.9 Å². The number of halogens is 2. The fraction of sp³-hybridized carbons (Fsp3) is 0.154. The van der Waals surface area contributed by atoms with Crippen molar-refractivity contribution in [1.29, 1.82) is 0 Å². The van der Waals surface area contributed by atoms with Crippen LogP contribution in [0.1, 0.15) is 20.8 Å². The van der Waals surface area contributed by atoms with Gasteiger partial charge in [-0.3, -0.25) is 4.79 Å². The first kappa shape index (κ1) is 12.8. The molecule has 0 aliphatic carbocycles. The number of ketones is 1. The van der Waals surface area contributed by atoms with Crippen LogP contribution < -0.4 is 0 Å². The van der Waals surface area contributed by atoms with Crippen molar-refractivity contribution in [2.24, 2.45) is 0 Å². The first-order valence-corrected chi connectivity index (χ1v) is 7.13. The molecule has 0 bridgehead atoms. The highest BCUT2D eigenvalue weighted by atomic mass is 79.9. The summed E-state index contributed by atoms with van der Waals surface area (Å²) in [7, 11) is 0. The lowest BCUT2D eigenvalue weighted by Gasteiger charge is -2.02.